The number of hydrogen-bond acceptors (Lipinski definition) is 4. The van der Waals surface area contributed by atoms with E-state index in [1.165, 1.54) is 24.3 Å². The second-order valence-electron chi connectivity index (χ2n) is 6.82. The van der Waals surface area contributed by atoms with Crippen molar-refractivity contribution >= 4 is 22.9 Å². The Bertz CT molecular complexity index is 927. The molecular formula is C19H19F3N3O3S-. The third-order valence-corrected chi connectivity index (χ3v) is 5.23. The number of piperazine rings is 1. The molecule has 0 radical (unpaired) electrons. The van der Waals surface area contributed by atoms with Crippen molar-refractivity contribution < 1.29 is 26.7 Å². The van der Waals surface area contributed by atoms with Gasteiger partial charge in [0.2, 0.25) is 0 Å². The quantitative estimate of drug-likeness (QED) is 0.589. The molecule has 3 rings (SSSR count). The van der Waals surface area contributed by atoms with Gasteiger partial charge in [-0.25, -0.2) is 13.2 Å². The molecule has 0 aromatic heterocycles. The number of hydrogen-bond donors (Lipinski definition) is 1. The zero-order valence-corrected chi connectivity index (χ0v) is 16.3. The first-order chi connectivity index (χ1) is 13.8. The molecule has 156 valence electrons. The fraction of sp³-hybridized carbons (Fsp3) is 0.316. The van der Waals surface area contributed by atoms with Gasteiger partial charge in [-0.3, -0.25) is 13.9 Å². The zero-order valence-electron chi connectivity index (χ0n) is 15.5. The molecule has 29 heavy (non-hydrogen) atoms. The number of benzene rings is 2. The van der Waals surface area contributed by atoms with Gasteiger partial charge in [-0.2, -0.15) is 0 Å². The molecule has 1 fully saturated rings. The van der Waals surface area contributed by atoms with Crippen molar-refractivity contribution in [1.82, 2.24) is 9.80 Å². The monoisotopic (exact) mass is 426 g/mol. The van der Waals surface area contributed by atoms with Crippen molar-refractivity contribution in [2.24, 2.45) is 0 Å². The van der Waals surface area contributed by atoms with Gasteiger partial charge >= 0.3 is 0 Å². The molecule has 2 aromatic rings. The summed E-state index contributed by atoms with van der Waals surface area (Å²) in [5.74, 6) is -3.32. The number of halogens is 3. The van der Waals surface area contributed by atoms with Crippen molar-refractivity contribution in [3.63, 3.8) is 0 Å². The van der Waals surface area contributed by atoms with E-state index < -0.39 is 28.7 Å². The maximum absolute atomic E-state index is 13.9. The van der Waals surface area contributed by atoms with Crippen LogP contribution in [0.4, 0.5) is 18.9 Å². The van der Waals surface area contributed by atoms with Gasteiger partial charge in [-0.1, -0.05) is 0 Å². The number of nitrogens with one attached hydrogen (secondary N) is 1. The van der Waals surface area contributed by atoms with E-state index in [4.69, 9.17) is 0 Å². The van der Waals surface area contributed by atoms with Crippen LogP contribution < -0.4 is 4.72 Å². The first-order valence-corrected chi connectivity index (χ1v) is 9.95. The van der Waals surface area contributed by atoms with Crippen LogP contribution in [0.25, 0.3) is 0 Å². The van der Waals surface area contributed by atoms with E-state index >= 15 is 0 Å². The van der Waals surface area contributed by atoms with Gasteiger partial charge in [0.05, 0.1) is 0 Å². The number of carbonyl (C=O) groups is 1. The standard InChI is InChI=1S/C19H20F3N3O3S/c1-12-10-24(11-15-16(20)6-7-17(21)18(15)22)8-9-25(12)19(26)13-2-4-14(5-3-13)23-29(27)28/h2-7,12,23H,8-11H2,1H3,(H,27,28)/p-1. The van der Waals surface area contributed by atoms with E-state index in [2.05, 4.69) is 4.72 Å². The van der Waals surface area contributed by atoms with Crippen LogP contribution in [-0.2, 0) is 17.8 Å². The molecule has 2 unspecified atom stereocenters. The third kappa shape index (κ3) is 4.95. The fourth-order valence-corrected chi connectivity index (χ4v) is 3.69. The zero-order chi connectivity index (χ0) is 21.1. The summed E-state index contributed by atoms with van der Waals surface area (Å²) in [5.41, 5.74) is 0.414. The van der Waals surface area contributed by atoms with Crippen LogP contribution in [0.1, 0.15) is 22.8 Å². The van der Waals surface area contributed by atoms with Crippen molar-refractivity contribution in [2.75, 3.05) is 24.4 Å². The van der Waals surface area contributed by atoms with E-state index in [1.807, 2.05) is 6.92 Å². The molecule has 10 heteroatoms. The van der Waals surface area contributed by atoms with Gasteiger partial charge < -0.3 is 14.2 Å². The van der Waals surface area contributed by atoms with E-state index in [0.29, 0.717) is 30.9 Å². The highest BCUT2D eigenvalue weighted by Crippen LogP contribution is 2.21. The summed E-state index contributed by atoms with van der Waals surface area (Å²) in [6.45, 7) is 2.81. The van der Waals surface area contributed by atoms with Crippen LogP contribution in [0.2, 0.25) is 0 Å². The van der Waals surface area contributed by atoms with Gasteiger partial charge in [-0.05, 0) is 43.3 Å². The summed E-state index contributed by atoms with van der Waals surface area (Å²) in [5, 5.41) is 0. The summed E-state index contributed by atoms with van der Waals surface area (Å²) >= 11 is -2.45. The lowest BCUT2D eigenvalue weighted by molar-refractivity contribution is 0.0470. The van der Waals surface area contributed by atoms with Crippen molar-refractivity contribution in [3.05, 3.63) is 65.0 Å². The summed E-state index contributed by atoms with van der Waals surface area (Å²) < 4.78 is 64.7. The molecule has 0 bridgehead atoms. The summed E-state index contributed by atoms with van der Waals surface area (Å²) in [4.78, 5) is 16.2. The Kier molecular flexibility index (Phi) is 6.56. The third-order valence-electron chi connectivity index (χ3n) is 4.83. The number of rotatable bonds is 5. The largest absolute Gasteiger partial charge is 0.755 e. The highest BCUT2D eigenvalue weighted by Gasteiger charge is 2.29. The number of anilines is 1. The topological polar surface area (TPSA) is 75.7 Å². The normalized spacial score (nSPS) is 18.5. The van der Waals surface area contributed by atoms with E-state index in [1.54, 1.807) is 9.80 Å². The minimum absolute atomic E-state index is 0.0888. The molecule has 1 aliphatic rings. The molecule has 0 spiro atoms. The van der Waals surface area contributed by atoms with Crippen LogP contribution >= 0.6 is 0 Å². The van der Waals surface area contributed by atoms with Crippen LogP contribution in [0, 0.1) is 17.5 Å². The summed E-state index contributed by atoms with van der Waals surface area (Å²) in [7, 11) is 0. The molecule has 1 aliphatic heterocycles. The van der Waals surface area contributed by atoms with Crippen LogP contribution in [-0.4, -0.2) is 50.1 Å². The fourth-order valence-electron chi connectivity index (χ4n) is 3.36. The van der Waals surface area contributed by atoms with Crippen LogP contribution in [0.5, 0.6) is 0 Å². The Morgan fingerprint density at radius 3 is 2.41 bits per heavy atom. The molecule has 0 aliphatic carbocycles. The highest BCUT2D eigenvalue weighted by atomic mass is 32.2. The Morgan fingerprint density at radius 1 is 1.14 bits per heavy atom. The second kappa shape index (κ2) is 8.93. The molecule has 6 nitrogen and oxygen atoms in total. The van der Waals surface area contributed by atoms with Gasteiger partial charge in [0, 0.05) is 60.3 Å². The van der Waals surface area contributed by atoms with Crippen molar-refractivity contribution in [3.8, 4) is 0 Å². The molecule has 1 saturated heterocycles. The Balaban J connectivity index is 1.65. The maximum atomic E-state index is 13.9. The Morgan fingerprint density at radius 2 is 1.79 bits per heavy atom. The number of carbonyl (C=O) groups excluding carboxylic acids is 1. The molecule has 0 saturated carbocycles. The predicted octanol–water partition coefficient (Wildman–Crippen LogP) is 2.66. The molecule has 1 amide bonds. The minimum atomic E-state index is -2.45. The molecule has 2 atom stereocenters. The lowest BCUT2D eigenvalue weighted by Crippen LogP contribution is -2.53. The van der Waals surface area contributed by atoms with Gasteiger partial charge in [0.1, 0.15) is 5.82 Å². The maximum Gasteiger partial charge on any atom is 0.254 e. The Labute approximate surface area is 168 Å². The van der Waals surface area contributed by atoms with Gasteiger partial charge in [-0.15, -0.1) is 0 Å². The van der Waals surface area contributed by atoms with Crippen molar-refractivity contribution in [1.29, 1.82) is 0 Å². The van der Waals surface area contributed by atoms with Crippen molar-refractivity contribution in [2.45, 2.75) is 19.5 Å². The van der Waals surface area contributed by atoms with Crippen LogP contribution in [0.15, 0.2) is 36.4 Å². The van der Waals surface area contributed by atoms with E-state index in [0.717, 1.165) is 12.1 Å². The molecule has 1 N–H and O–H groups in total. The highest BCUT2D eigenvalue weighted by molar-refractivity contribution is 7.80. The van der Waals surface area contributed by atoms with Crippen LogP contribution in [0.3, 0.4) is 0 Å². The SMILES string of the molecule is CC1CN(Cc2c(F)ccc(F)c2F)CCN1C(=O)c1ccc(NS(=O)[O-])cc1. The summed E-state index contributed by atoms with van der Waals surface area (Å²) in [6, 6.07) is 7.44. The number of nitrogens with zero attached hydrogens (tertiary/aromatic N) is 2. The van der Waals surface area contributed by atoms with E-state index in [9.17, 15) is 26.7 Å². The smallest absolute Gasteiger partial charge is 0.254 e. The van der Waals surface area contributed by atoms with E-state index in [-0.39, 0.29) is 24.1 Å². The Hall–Kier alpha value is -2.43. The number of amides is 1. The predicted molar refractivity (Wildman–Crippen MR) is 101 cm³/mol. The first-order valence-electron chi connectivity index (χ1n) is 8.88. The van der Waals surface area contributed by atoms with Gasteiger partial charge in [0.25, 0.3) is 5.91 Å². The van der Waals surface area contributed by atoms with Gasteiger partial charge in [0.15, 0.2) is 11.6 Å². The molecule has 2 aromatic carbocycles. The second-order valence-corrected chi connectivity index (χ2v) is 7.49. The first kappa shape index (κ1) is 21.3. The average molecular weight is 426 g/mol. The minimum Gasteiger partial charge on any atom is -0.755 e. The lowest BCUT2D eigenvalue weighted by Gasteiger charge is -2.40. The average Bonchev–Trinajstić information content (AvgIpc) is 2.68. The molecule has 1 heterocycles. The summed E-state index contributed by atoms with van der Waals surface area (Å²) in [6.07, 6.45) is 0. The lowest BCUT2D eigenvalue weighted by atomic mass is 10.1. The molecular weight excluding hydrogens is 407 g/mol.